The fourth-order valence-electron chi connectivity index (χ4n) is 0.874. The Morgan fingerprint density at radius 1 is 1.40 bits per heavy atom. The van der Waals surface area contributed by atoms with Gasteiger partial charge >= 0.3 is 12.1 Å². The Bertz CT molecular complexity index is 201. The summed E-state index contributed by atoms with van der Waals surface area (Å²) in [5, 5.41) is 8.28. The molecule has 0 fully saturated rings. The minimum absolute atomic E-state index is 0.0743. The lowest BCUT2D eigenvalue weighted by Gasteiger charge is -2.19. The Morgan fingerprint density at radius 3 is 2.27 bits per heavy atom. The maximum atomic E-state index is 12.2. The third-order valence-corrected chi connectivity index (χ3v) is 1.74. The van der Waals surface area contributed by atoms with Gasteiger partial charge in [-0.3, -0.25) is 4.79 Å². The molecule has 0 aromatic carbocycles. The van der Waals surface area contributed by atoms with E-state index in [2.05, 4.69) is 4.74 Å². The summed E-state index contributed by atoms with van der Waals surface area (Å²) in [6.07, 6.45) is -7.38. The number of carboxylic acid groups (broad SMARTS) is 1. The molecule has 0 aliphatic carbocycles. The van der Waals surface area contributed by atoms with Crippen LogP contribution in [0, 0.1) is 5.92 Å². The molecule has 0 bridgehead atoms. The maximum absolute atomic E-state index is 12.2. The van der Waals surface area contributed by atoms with Crippen molar-refractivity contribution in [2.45, 2.75) is 39.0 Å². The maximum Gasteiger partial charge on any atom is 0.415 e. The second-order valence-corrected chi connectivity index (χ2v) is 3.68. The monoisotopic (exact) mass is 228 g/mol. The number of hydrogen-bond donors (Lipinski definition) is 1. The van der Waals surface area contributed by atoms with Crippen molar-refractivity contribution in [3.63, 3.8) is 0 Å². The minimum Gasteiger partial charge on any atom is -0.481 e. The van der Waals surface area contributed by atoms with E-state index in [9.17, 15) is 18.0 Å². The highest BCUT2D eigenvalue weighted by Crippen LogP contribution is 2.25. The van der Waals surface area contributed by atoms with E-state index in [0.717, 1.165) is 0 Å². The van der Waals surface area contributed by atoms with Crippen LogP contribution in [0.25, 0.3) is 0 Å². The summed E-state index contributed by atoms with van der Waals surface area (Å²) in [7, 11) is 0. The van der Waals surface area contributed by atoms with E-state index >= 15 is 0 Å². The molecule has 0 aliphatic rings. The van der Waals surface area contributed by atoms with Crippen LogP contribution in [0.15, 0.2) is 0 Å². The first kappa shape index (κ1) is 14.2. The highest BCUT2D eigenvalue weighted by molar-refractivity contribution is 5.67. The van der Waals surface area contributed by atoms with Crippen LogP contribution in [0.3, 0.4) is 0 Å². The van der Waals surface area contributed by atoms with Gasteiger partial charge in [0.05, 0.1) is 6.42 Å². The number of carbonyl (C=O) groups is 1. The molecule has 90 valence electrons. The first-order chi connectivity index (χ1) is 6.73. The zero-order valence-electron chi connectivity index (χ0n) is 8.67. The van der Waals surface area contributed by atoms with Gasteiger partial charge in [-0.25, -0.2) is 0 Å². The number of hydrogen-bond acceptors (Lipinski definition) is 2. The lowest BCUT2D eigenvalue weighted by atomic mass is 10.1. The second kappa shape index (κ2) is 5.95. The Balaban J connectivity index is 4.09. The Kier molecular flexibility index (Phi) is 5.64. The molecule has 1 atom stereocenters. The molecule has 0 aliphatic heterocycles. The fourth-order valence-corrected chi connectivity index (χ4v) is 0.874. The van der Waals surface area contributed by atoms with Gasteiger partial charge in [-0.05, 0) is 12.3 Å². The van der Waals surface area contributed by atoms with E-state index in [0.29, 0.717) is 6.42 Å². The van der Waals surface area contributed by atoms with Crippen molar-refractivity contribution in [3.8, 4) is 0 Å². The molecule has 0 aromatic heterocycles. The summed E-state index contributed by atoms with van der Waals surface area (Å²) in [6.45, 7) is 3.63. The Hall–Kier alpha value is -0.780. The topological polar surface area (TPSA) is 46.5 Å². The van der Waals surface area contributed by atoms with Gasteiger partial charge in [0.15, 0.2) is 6.10 Å². The highest BCUT2D eigenvalue weighted by atomic mass is 19.4. The van der Waals surface area contributed by atoms with Gasteiger partial charge in [-0.2, -0.15) is 13.2 Å². The molecule has 0 radical (unpaired) electrons. The first-order valence-corrected chi connectivity index (χ1v) is 4.63. The highest BCUT2D eigenvalue weighted by Gasteiger charge is 2.41. The molecule has 6 heteroatoms. The molecule has 1 unspecified atom stereocenters. The van der Waals surface area contributed by atoms with Gasteiger partial charge in [0.1, 0.15) is 0 Å². The summed E-state index contributed by atoms with van der Waals surface area (Å²) >= 11 is 0. The molecule has 0 saturated carbocycles. The predicted molar refractivity (Wildman–Crippen MR) is 47.5 cm³/mol. The zero-order chi connectivity index (χ0) is 12.1. The number of ether oxygens (including phenoxy) is 1. The van der Waals surface area contributed by atoms with Crippen molar-refractivity contribution in [1.82, 2.24) is 0 Å². The van der Waals surface area contributed by atoms with Crippen LogP contribution in [-0.2, 0) is 9.53 Å². The summed E-state index contributed by atoms with van der Waals surface area (Å²) < 4.78 is 41.2. The lowest BCUT2D eigenvalue weighted by molar-refractivity contribution is -0.224. The van der Waals surface area contributed by atoms with Gasteiger partial charge in [0.25, 0.3) is 0 Å². The lowest BCUT2D eigenvalue weighted by Crippen LogP contribution is -2.34. The summed E-state index contributed by atoms with van der Waals surface area (Å²) in [5.41, 5.74) is 0. The molecule has 0 amide bonds. The van der Waals surface area contributed by atoms with Crippen LogP contribution in [0.1, 0.15) is 26.7 Å². The molecule has 15 heavy (non-hydrogen) atoms. The van der Waals surface area contributed by atoms with Gasteiger partial charge in [0, 0.05) is 6.61 Å². The molecule has 3 nitrogen and oxygen atoms in total. The summed E-state index contributed by atoms with van der Waals surface area (Å²) in [5.74, 6) is -1.29. The van der Waals surface area contributed by atoms with Gasteiger partial charge in [-0.1, -0.05) is 13.8 Å². The van der Waals surface area contributed by atoms with Crippen LogP contribution < -0.4 is 0 Å². The van der Waals surface area contributed by atoms with E-state index in [1.165, 1.54) is 0 Å². The Morgan fingerprint density at radius 2 is 1.93 bits per heavy atom. The standard InChI is InChI=1S/C9H15F3O3/c1-6(2)3-4-15-7(5-8(13)14)9(10,11)12/h6-7H,3-5H2,1-2H3,(H,13,14). The van der Waals surface area contributed by atoms with Crippen LogP contribution >= 0.6 is 0 Å². The van der Waals surface area contributed by atoms with Crippen molar-refractivity contribution >= 4 is 5.97 Å². The average molecular weight is 228 g/mol. The van der Waals surface area contributed by atoms with Gasteiger partial charge < -0.3 is 9.84 Å². The van der Waals surface area contributed by atoms with E-state index in [1.807, 2.05) is 13.8 Å². The summed E-state index contributed by atoms with van der Waals surface area (Å²) in [6, 6.07) is 0. The van der Waals surface area contributed by atoms with Crippen molar-refractivity contribution in [1.29, 1.82) is 0 Å². The third-order valence-electron chi connectivity index (χ3n) is 1.74. The number of carboxylic acids is 1. The molecular formula is C9H15F3O3. The molecule has 1 N–H and O–H groups in total. The number of rotatable bonds is 6. The Labute approximate surface area is 86.2 Å². The molecule has 0 aromatic rings. The normalized spacial score (nSPS) is 14.3. The zero-order valence-corrected chi connectivity index (χ0v) is 8.67. The summed E-state index contributed by atoms with van der Waals surface area (Å²) in [4.78, 5) is 10.2. The van der Waals surface area contributed by atoms with Gasteiger partial charge in [0.2, 0.25) is 0 Å². The van der Waals surface area contributed by atoms with Crippen molar-refractivity contribution < 1.29 is 27.8 Å². The third kappa shape index (κ3) is 7.18. The fraction of sp³-hybridized carbons (Fsp3) is 0.889. The van der Waals surface area contributed by atoms with Crippen LogP contribution in [0.4, 0.5) is 13.2 Å². The van der Waals surface area contributed by atoms with Crippen molar-refractivity contribution in [3.05, 3.63) is 0 Å². The largest absolute Gasteiger partial charge is 0.481 e. The molecular weight excluding hydrogens is 213 g/mol. The van der Waals surface area contributed by atoms with Crippen LogP contribution in [0.2, 0.25) is 0 Å². The first-order valence-electron chi connectivity index (χ1n) is 4.63. The van der Waals surface area contributed by atoms with Gasteiger partial charge in [-0.15, -0.1) is 0 Å². The van der Waals surface area contributed by atoms with Crippen molar-refractivity contribution in [2.75, 3.05) is 6.61 Å². The second-order valence-electron chi connectivity index (χ2n) is 3.68. The molecule has 0 saturated heterocycles. The molecule has 0 spiro atoms. The van der Waals surface area contributed by atoms with E-state index < -0.39 is 24.7 Å². The number of aliphatic carboxylic acids is 1. The minimum atomic E-state index is -4.62. The van der Waals surface area contributed by atoms with E-state index in [4.69, 9.17) is 5.11 Å². The van der Waals surface area contributed by atoms with Crippen molar-refractivity contribution in [2.24, 2.45) is 5.92 Å². The smallest absolute Gasteiger partial charge is 0.415 e. The number of alkyl halides is 3. The predicted octanol–water partition coefficient (Wildman–Crippen LogP) is 2.45. The van der Waals surface area contributed by atoms with Crippen LogP contribution in [0.5, 0.6) is 0 Å². The molecule has 0 heterocycles. The quantitative estimate of drug-likeness (QED) is 0.759. The van der Waals surface area contributed by atoms with E-state index in [-0.39, 0.29) is 12.5 Å². The SMILES string of the molecule is CC(C)CCOC(CC(=O)O)C(F)(F)F. The molecule has 0 rings (SSSR count). The average Bonchev–Trinajstić information content (AvgIpc) is 1.99. The van der Waals surface area contributed by atoms with Crippen LogP contribution in [-0.4, -0.2) is 30.0 Å². The number of halogens is 3. The van der Waals surface area contributed by atoms with E-state index in [1.54, 1.807) is 0 Å².